The molecule has 1 aliphatic heterocycles. The van der Waals surface area contributed by atoms with Gasteiger partial charge in [-0.3, -0.25) is 9.69 Å². The molecule has 22 heavy (non-hydrogen) atoms. The van der Waals surface area contributed by atoms with Crippen molar-refractivity contribution >= 4 is 5.78 Å². The van der Waals surface area contributed by atoms with E-state index in [2.05, 4.69) is 44.7 Å². The first-order chi connectivity index (χ1) is 10.4. The smallest absolute Gasteiger partial charge is 0.181 e. The molecule has 3 unspecified atom stereocenters. The highest BCUT2D eigenvalue weighted by Crippen LogP contribution is 2.38. The van der Waals surface area contributed by atoms with Crippen LogP contribution >= 0.6 is 0 Å². The summed E-state index contributed by atoms with van der Waals surface area (Å²) >= 11 is 0. The van der Waals surface area contributed by atoms with Crippen molar-refractivity contribution in [2.75, 3.05) is 0 Å². The van der Waals surface area contributed by atoms with Crippen LogP contribution in [0.2, 0.25) is 0 Å². The molecular formula is C20H23NO. The zero-order chi connectivity index (χ0) is 15.9. The highest BCUT2D eigenvalue weighted by molar-refractivity contribution is 6.03. The molecular weight excluding hydrogens is 270 g/mol. The van der Waals surface area contributed by atoms with E-state index >= 15 is 0 Å². The van der Waals surface area contributed by atoms with Crippen LogP contribution < -0.4 is 0 Å². The third-order valence-corrected chi connectivity index (χ3v) is 4.43. The molecule has 0 aromatic heterocycles. The highest BCUT2D eigenvalue weighted by Gasteiger charge is 2.54. The Balaban J connectivity index is 1.78. The average Bonchev–Trinajstić information content (AvgIpc) is 3.19. The molecule has 2 heteroatoms. The lowest BCUT2D eigenvalue weighted by atomic mass is 10.0. The van der Waals surface area contributed by atoms with E-state index in [-0.39, 0.29) is 17.4 Å². The molecule has 0 saturated carbocycles. The number of hydrogen-bond donors (Lipinski definition) is 0. The molecule has 1 fully saturated rings. The molecule has 2 aromatic carbocycles. The van der Waals surface area contributed by atoms with Crippen LogP contribution in [-0.2, 0) is 0 Å². The fraction of sp³-hybridized carbons (Fsp3) is 0.350. The van der Waals surface area contributed by atoms with Crippen molar-refractivity contribution in [1.82, 2.24) is 4.90 Å². The predicted octanol–water partition coefficient (Wildman–Crippen LogP) is 4.41. The first-order valence-corrected chi connectivity index (χ1v) is 7.88. The van der Waals surface area contributed by atoms with E-state index in [1.807, 2.05) is 42.5 Å². The van der Waals surface area contributed by atoms with Gasteiger partial charge in [-0.05, 0) is 38.8 Å². The second kappa shape index (κ2) is 5.36. The Labute approximate surface area is 132 Å². The first kappa shape index (κ1) is 15.0. The average molecular weight is 293 g/mol. The first-order valence-electron chi connectivity index (χ1n) is 7.88. The number of ketones is 1. The summed E-state index contributed by atoms with van der Waals surface area (Å²) in [4.78, 5) is 15.0. The largest absolute Gasteiger partial charge is 0.292 e. The molecule has 0 bridgehead atoms. The van der Waals surface area contributed by atoms with Gasteiger partial charge in [0.1, 0.15) is 0 Å². The molecule has 0 amide bonds. The summed E-state index contributed by atoms with van der Waals surface area (Å²) in [6, 6.07) is 18.6. The topological polar surface area (TPSA) is 20.1 Å². The lowest BCUT2D eigenvalue weighted by molar-refractivity contribution is 0.0957. The van der Waals surface area contributed by atoms with Crippen LogP contribution in [0.15, 0.2) is 54.6 Å². The van der Waals surface area contributed by atoms with Crippen molar-refractivity contribution in [3.05, 3.63) is 60.2 Å². The number of hydrogen-bond acceptors (Lipinski definition) is 2. The number of carbonyl (C=O) groups is 1. The van der Waals surface area contributed by atoms with Crippen molar-refractivity contribution in [3.63, 3.8) is 0 Å². The van der Waals surface area contributed by atoms with Crippen LogP contribution in [-0.4, -0.2) is 28.3 Å². The summed E-state index contributed by atoms with van der Waals surface area (Å²) in [6.07, 6.45) is 0. The Hall–Kier alpha value is -1.93. The third kappa shape index (κ3) is 2.71. The Bertz CT molecular complexity index is 667. The van der Waals surface area contributed by atoms with Gasteiger partial charge >= 0.3 is 0 Å². The fourth-order valence-electron chi connectivity index (χ4n) is 3.35. The van der Waals surface area contributed by atoms with Gasteiger partial charge in [0.05, 0.1) is 6.04 Å². The summed E-state index contributed by atoms with van der Waals surface area (Å²) in [5, 5.41) is 0. The van der Waals surface area contributed by atoms with Gasteiger partial charge in [0.15, 0.2) is 5.78 Å². The van der Waals surface area contributed by atoms with E-state index in [0.717, 1.165) is 11.1 Å². The quantitative estimate of drug-likeness (QED) is 0.617. The van der Waals surface area contributed by atoms with Crippen molar-refractivity contribution < 1.29 is 4.79 Å². The second-order valence-corrected chi connectivity index (χ2v) is 7.07. The normalized spacial score (nSPS) is 24.1. The van der Waals surface area contributed by atoms with Crippen LogP contribution in [0, 0.1) is 0 Å². The second-order valence-electron chi connectivity index (χ2n) is 7.07. The molecule has 2 nitrogen and oxygen atoms in total. The van der Waals surface area contributed by atoms with E-state index in [0.29, 0.717) is 6.04 Å². The van der Waals surface area contributed by atoms with Gasteiger partial charge in [-0.15, -0.1) is 0 Å². The van der Waals surface area contributed by atoms with Gasteiger partial charge in [-0.2, -0.15) is 0 Å². The molecule has 2 aromatic rings. The lowest BCUT2D eigenvalue weighted by Crippen LogP contribution is -2.30. The minimum Gasteiger partial charge on any atom is -0.292 e. The molecule has 3 atom stereocenters. The maximum Gasteiger partial charge on any atom is 0.181 e. The highest BCUT2D eigenvalue weighted by atomic mass is 16.1. The SMILES string of the molecule is CC1C(C(=O)c2ccc(-c3ccccc3)cc2)N1C(C)(C)C. The molecule has 0 radical (unpaired) electrons. The minimum absolute atomic E-state index is 0.0302. The maximum atomic E-state index is 12.7. The molecule has 0 spiro atoms. The summed E-state index contributed by atoms with van der Waals surface area (Å²) in [5.74, 6) is 0.238. The van der Waals surface area contributed by atoms with Crippen LogP contribution in [0.3, 0.4) is 0 Å². The van der Waals surface area contributed by atoms with Crippen LogP contribution in [0.1, 0.15) is 38.1 Å². The molecule has 114 valence electrons. The standard InChI is InChI=1S/C20H23NO/c1-14-18(21(14)20(2,3)4)19(22)17-12-10-16(11-13-17)15-8-6-5-7-9-15/h5-14,18H,1-4H3. The van der Waals surface area contributed by atoms with E-state index < -0.39 is 0 Å². The number of Topliss-reactive ketones (excluding diaryl/α,β-unsaturated/α-hetero) is 1. The molecule has 0 N–H and O–H groups in total. The van der Waals surface area contributed by atoms with Crippen molar-refractivity contribution in [2.45, 2.75) is 45.3 Å². The van der Waals surface area contributed by atoms with Gasteiger partial charge in [0.25, 0.3) is 0 Å². The monoisotopic (exact) mass is 293 g/mol. The van der Waals surface area contributed by atoms with Gasteiger partial charge in [0.2, 0.25) is 0 Å². The zero-order valence-electron chi connectivity index (χ0n) is 13.7. The maximum absolute atomic E-state index is 12.7. The number of rotatable bonds is 3. The Morgan fingerprint density at radius 1 is 0.909 bits per heavy atom. The van der Waals surface area contributed by atoms with E-state index in [1.165, 1.54) is 5.56 Å². The Morgan fingerprint density at radius 3 is 1.95 bits per heavy atom. The van der Waals surface area contributed by atoms with E-state index in [9.17, 15) is 4.79 Å². The van der Waals surface area contributed by atoms with Crippen molar-refractivity contribution in [3.8, 4) is 11.1 Å². The molecule has 3 rings (SSSR count). The van der Waals surface area contributed by atoms with Gasteiger partial charge < -0.3 is 0 Å². The Morgan fingerprint density at radius 2 is 1.45 bits per heavy atom. The van der Waals surface area contributed by atoms with Crippen LogP contribution in [0.4, 0.5) is 0 Å². The van der Waals surface area contributed by atoms with Crippen LogP contribution in [0.5, 0.6) is 0 Å². The summed E-state index contributed by atoms with van der Waals surface area (Å²) in [7, 11) is 0. The molecule has 1 heterocycles. The van der Waals surface area contributed by atoms with Crippen LogP contribution in [0.25, 0.3) is 11.1 Å². The van der Waals surface area contributed by atoms with Gasteiger partial charge in [-0.1, -0.05) is 54.6 Å². The summed E-state index contributed by atoms with van der Waals surface area (Å²) < 4.78 is 0. The number of nitrogens with zero attached hydrogens (tertiary/aromatic N) is 1. The van der Waals surface area contributed by atoms with E-state index in [1.54, 1.807) is 0 Å². The molecule has 1 saturated heterocycles. The Kier molecular flexibility index (Phi) is 3.65. The van der Waals surface area contributed by atoms with Crippen molar-refractivity contribution in [2.24, 2.45) is 0 Å². The molecule has 0 aliphatic carbocycles. The predicted molar refractivity (Wildman–Crippen MR) is 91.1 cm³/mol. The summed E-state index contributed by atoms with van der Waals surface area (Å²) in [5.41, 5.74) is 3.18. The lowest BCUT2D eigenvalue weighted by Gasteiger charge is -2.21. The van der Waals surface area contributed by atoms with Gasteiger partial charge in [-0.25, -0.2) is 0 Å². The number of benzene rings is 2. The minimum atomic E-state index is 0.0302. The number of carbonyl (C=O) groups excluding carboxylic acids is 1. The molecule has 1 aliphatic rings. The van der Waals surface area contributed by atoms with Gasteiger partial charge in [0, 0.05) is 17.1 Å². The third-order valence-electron chi connectivity index (χ3n) is 4.43. The summed E-state index contributed by atoms with van der Waals surface area (Å²) in [6.45, 7) is 8.62. The zero-order valence-corrected chi connectivity index (χ0v) is 13.7. The van der Waals surface area contributed by atoms with Crippen molar-refractivity contribution in [1.29, 1.82) is 0 Å². The van der Waals surface area contributed by atoms with E-state index in [4.69, 9.17) is 0 Å². The fourth-order valence-corrected chi connectivity index (χ4v) is 3.35.